The molecule has 0 aliphatic rings. The molecule has 1 atom stereocenters. The van der Waals surface area contributed by atoms with Gasteiger partial charge in [0.2, 0.25) is 0 Å². The van der Waals surface area contributed by atoms with Crippen LogP contribution in [0.2, 0.25) is 0 Å². The first kappa shape index (κ1) is 12.7. The van der Waals surface area contributed by atoms with Crippen molar-refractivity contribution in [1.82, 2.24) is 4.90 Å². The van der Waals surface area contributed by atoms with Crippen molar-refractivity contribution in [3.63, 3.8) is 0 Å². The van der Waals surface area contributed by atoms with Crippen molar-refractivity contribution in [1.29, 1.82) is 0 Å². The SMILES string of the molecule is C#CCN(CC[18F])[C@H](C)Cc1ccccc1. The molecule has 0 saturated carbocycles. The Balaban J connectivity index is 2.55. The summed E-state index contributed by atoms with van der Waals surface area (Å²) in [6.07, 6.45) is 6.18. The van der Waals surface area contributed by atoms with Crippen LogP contribution in [-0.2, 0) is 6.42 Å². The molecule has 86 valence electrons. The van der Waals surface area contributed by atoms with E-state index in [9.17, 15) is 4.39 Å². The molecule has 0 saturated heterocycles. The summed E-state index contributed by atoms with van der Waals surface area (Å²) >= 11 is 0. The number of alkyl halides is 1. The maximum atomic E-state index is 12.4. The molecule has 0 aromatic heterocycles. The van der Waals surface area contributed by atoms with Crippen LogP contribution < -0.4 is 0 Å². The van der Waals surface area contributed by atoms with Crippen LogP contribution in [0, 0.1) is 12.3 Å². The molecule has 0 unspecified atom stereocenters. The van der Waals surface area contributed by atoms with E-state index in [1.54, 1.807) is 0 Å². The van der Waals surface area contributed by atoms with Crippen molar-refractivity contribution in [2.24, 2.45) is 0 Å². The molecule has 0 aliphatic carbocycles. The van der Waals surface area contributed by atoms with Gasteiger partial charge in [0.05, 0.1) is 6.54 Å². The van der Waals surface area contributed by atoms with Crippen molar-refractivity contribution < 1.29 is 4.39 Å². The van der Waals surface area contributed by atoms with Gasteiger partial charge in [-0.2, -0.15) is 0 Å². The summed E-state index contributed by atoms with van der Waals surface area (Å²) in [4.78, 5) is 1.99. The molecule has 0 bridgehead atoms. The minimum Gasteiger partial charge on any atom is -0.287 e. The Morgan fingerprint density at radius 3 is 2.62 bits per heavy atom. The largest absolute Gasteiger partial charge is 0.287 e. The zero-order valence-corrected chi connectivity index (χ0v) is 9.70. The van der Waals surface area contributed by atoms with E-state index in [4.69, 9.17) is 6.42 Å². The van der Waals surface area contributed by atoms with E-state index < -0.39 is 0 Å². The molecule has 0 spiro atoms. The predicted molar refractivity (Wildman–Crippen MR) is 66.0 cm³/mol. The summed E-state index contributed by atoms with van der Waals surface area (Å²) in [7, 11) is 0. The van der Waals surface area contributed by atoms with Gasteiger partial charge < -0.3 is 0 Å². The van der Waals surface area contributed by atoms with E-state index in [2.05, 4.69) is 25.0 Å². The molecular weight excluding hydrogens is 200 g/mol. The lowest BCUT2D eigenvalue weighted by Crippen LogP contribution is -2.36. The van der Waals surface area contributed by atoms with Crippen LogP contribution in [0.3, 0.4) is 0 Å². The second-order valence-corrected chi connectivity index (χ2v) is 3.90. The van der Waals surface area contributed by atoms with Crippen LogP contribution in [0.25, 0.3) is 0 Å². The van der Waals surface area contributed by atoms with E-state index in [-0.39, 0.29) is 12.7 Å². The number of hydrogen-bond acceptors (Lipinski definition) is 1. The van der Waals surface area contributed by atoms with Gasteiger partial charge in [-0.3, -0.25) is 4.90 Å². The number of halogens is 1. The molecule has 0 N–H and O–H groups in total. The fraction of sp³-hybridized carbons (Fsp3) is 0.429. The van der Waals surface area contributed by atoms with Gasteiger partial charge >= 0.3 is 0 Å². The topological polar surface area (TPSA) is 3.24 Å². The third kappa shape index (κ3) is 4.04. The Bertz CT molecular complexity index is 328. The van der Waals surface area contributed by atoms with Gasteiger partial charge in [-0.05, 0) is 18.9 Å². The van der Waals surface area contributed by atoms with Gasteiger partial charge in [0.25, 0.3) is 0 Å². The van der Waals surface area contributed by atoms with Crippen molar-refractivity contribution >= 4 is 0 Å². The third-order valence-electron chi connectivity index (χ3n) is 2.66. The van der Waals surface area contributed by atoms with Gasteiger partial charge in [-0.1, -0.05) is 36.3 Å². The average Bonchev–Trinajstić information content (AvgIpc) is 2.30. The van der Waals surface area contributed by atoms with Crippen molar-refractivity contribution in [3.8, 4) is 12.3 Å². The Hall–Kier alpha value is -1.33. The summed E-state index contributed by atoms with van der Waals surface area (Å²) in [6.45, 7) is 2.66. The highest BCUT2D eigenvalue weighted by atomic mass is 18.2. The zero-order chi connectivity index (χ0) is 11.8. The average molecular weight is 218 g/mol. The van der Waals surface area contributed by atoms with Crippen LogP contribution in [0.4, 0.5) is 4.39 Å². The third-order valence-corrected chi connectivity index (χ3v) is 2.66. The van der Waals surface area contributed by atoms with Gasteiger partial charge in [-0.25, -0.2) is 4.39 Å². The maximum Gasteiger partial charge on any atom is 0.102 e. The molecule has 0 heterocycles. The Morgan fingerprint density at radius 1 is 1.38 bits per heavy atom. The van der Waals surface area contributed by atoms with E-state index in [1.807, 2.05) is 23.1 Å². The highest BCUT2D eigenvalue weighted by molar-refractivity contribution is 5.15. The Kier molecular flexibility index (Phi) is 5.60. The Labute approximate surface area is 97.3 Å². The van der Waals surface area contributed by atoms with E-state index in [0.717, 1.165) is 6.42 Å². The highest BCUT2D eigenvalue weighted by Gasteiger charge is 2.12. The van der Waals surface area contributed by atoms with Crippen molar-refractivity contribution in [2.45, 2.75) is 19.4 Å². The summed E-state index contributed by atoms with van der Waals surface area (Å²) < 4.78 is 12.4. The van der Waals surface area contributed by atoms with Crippen LogP contribution >= 0.6 is 0 Å². The minimum absolute atomic E-state index is 0.272. The molecular formula is C14H18FN. The van der Waals surface area contributed by atoms with Gasteiger partial charge in [0.1, 0.15) is 6.67 Å². The molecule has 1 rings (SSSR count). The molecule has 0 fully saturated rings. The van der Waals surface area contributed by atoms with Crippen LogP contribution in [0.1, 0.15) is 12.5 Å². The first-order chi connectivity index (χ1) is 7.77. The number of terminal acetylenes is 1. The van der Waals surface area contributed by atoms with E-state index in [1.165, 1.54) is 5.56 Å². The van der Waals surface area contributed by atoms with Gasteiger partial charge in [0, 0.05) is 12.6 Å². The molecule has 0 radical (unpaired) electrons. The lowest BCUT2D eigenvalue weighted by Gasteiger charge is -2.26. The summed E-state index contributed by atoms with van der Waals surface area (Å²) in [5.41, 5.74) is 1.26. The lowest BCUT2D eigenvalue weighted by atomic mass is 10.1. The first-order valence-corrected chi connectivity index (χ1v) is 5.55. The van der Waals surface area contributed by atoms with Crippen LogP contribution in [0.15, 0.2) is 30.3 Å². The zero-order valence-electron chi connectivity index (χ0n) is 9.70. The first-order valence-electron chi connectivity index (χ1n) is 5.55. The molecule has 0 aliphatic heterocycles. The maximum absolute atomic E-state index is 12.4. The fourth-order valence-corrected chi connectivity index (χ4v) is 1.77. The summed E-state index contributed by atoms with van der Waals surface area (Å²) in [5.74, 6) is 2.58. The molecule has 1 aromatic carbocycles. The predicted octanol–water partition coefficient (Wildman–Crippen LogP) is 2.52. The normalized spacial score (nSPS) is 12.4. The molecule has 0 amide bonds. The lowest BCUT2D eigenvalue weighted by molar-refractivity contribution is 0.214. The molecule has 2 heteroatoms. The summed E-state index contributed by atoms with van der Waals surface area (Å²) in [5, 5.41) is 0. The standard InChI is InChI=1S/C14H18FN/c1-3-10-16(11-9-15)13(2)12-14-7-5-4-6-8-14/h1,4-8,13H,9-12H2,2H3/t13-/m1/s1/i15-1. The molecule has 1 nitrogen and oxygen atoms in total. The monoisotopic (exact) mass is 218 g/mol. The second kappa shape index (κ2) is 7.03. The summed E-state index contributed by atoms with van der Waals surface area (Å²) in [6, 6.07) is 10.5. The second-order valence-electron chi connectivity index (χ2n) is 3.90. The number of hydrogen-bond donors (Lipinski definition) is 0. The number of nitrogens with zero attached hydrogens (tertiary/aromatic N) is 1. The van der Waals surface area contributed by atoms with Gasteiger partial charge in [0.15, 0.2) is 0 Å². The van der Waals surface area contributed by atoms with Crippen molar-refractivity contribution in [2.75, 3.05) is 19.8 Å². The smallest absolute Gasteiger partial charge is 0.102 e. The highest BCUT2D eigenvalue weighted by Crippen LogP contribution is 2.08. The van der Waals surface area contributed by atoms with Crippen molar-refractivity contribution in [3.05, 3.63) is 35.9 Å². The van der Waals surface area contributed by atoms with Gasteiger partial charge in [-0.15, -0.1) is 6.42 Å². The quantitative estimate of drug-likeness (QED) is 0.663. The number of rotatable bonds is 6. The fourth-order valence-electron chi connectivity index (χ4n) is 1.77. The van der Waals surface area contributed by atoms with E-state index in [0.29, 0.717) is 13.1 Å². The van der Waals surface area contributed by atoms with Crippen LogP contribution in [0.5, 0.6) is 0 Å². The van der Waals surface area contributed by atoms with Crippen LogP contribution in [-0.4, -0.2) is 30.7 Å². The minimum atomic E-state index is -0.346. The molecule has 1 aromatic rings. The Morgan fingerprint density at radius 2 is 2.06 bits per heavy atom. The molecule has 16 heavy (non-hydrogen) atoms. The number of benzene rings is 1. The van der Waals surface area contributed by atoms with E-state index >= 15 is 0 Å².